The van der Waals surface area contributed by atoms with E-state index in [2.05, 4.69) is 10.3 Å². The minimum absolute atomic E-state index is 0.162. The molecule has 2 aliphatic rings. The third-order valence-electron chi connectivity index (χ3n) is 5.29. The van der Waals surface area contributed by atoms with Gasteiger partial charge in [0.25, 0.3) is 5.91 Å². The Morgan fingerprint density at radius 2 is 1.93 bits per heavy atom. The van der Waals surface area contributed by atoms with E-state index in [1.54, 1.807) is 23.4 Å². The number of amides is 2. The van der Waals surface area contributed by atoms with Gasteiger partial charge in [-0.15, -0.1) is 0 Å². The molecule has 1 unspecified atom stereocenters. The molecular formula is C23H19N3O4. The Morgan fingerprint density at radius 3 is 2.80 bits per heavy atom. The summed E-state index contributed by atoms with van der Waals surface area (Å²) in [4.78, 5) is 31.9. The van der Waals surface area contributed by atoms with E-state index in [0.29, 0.717) is 29.2 Å². The number of carbonyl (C=O) groups is 2. The van der Waals surface area contributed by atoms with Crippen LogP contribution in [0.4, 0.5) is 0 Å². The first-order valence-electron chi connectivity index (χ1n) is 9.66. The fourth-order valence-electron chi connectivity index (χ4n) is 3.84. The molecule has 7 nitrogen and oxygen atoms in total. The van der Waals surface area contributed by atoms with Crippen molar-refractivity contribution in [2.45, 2.75) is 19.1 Å². The van der Waals surface area contributed by atoms with Crippen LogP contribution in [-0.2, 0) is 17.9 Å². The topological polar surface area (TPSA) is 80.8 Å². The molecule has 0 radical (unpaired) electrons. The molecule has 0 bridgehead atoms. The molecule has 30 heavy (non-hydrogen) atoms. The number of nitrogens with one attached hydrogen (secondary N) is 1. The monoisotopic (exact) mass is 401 g/mol. The molecule has 0 saturated heterocycles. The highest BCUT2D eigenvalue weighted by Gasteiger charge is 2.40. The Labute approximate surface area is 173 Å². The molecule has 150 valence electrons. The third kappa shape index (κ3) is 3.24. The molecule has 1 atom stereocenters. The molecule has 3 aromatic rings. The minimum Gasteiger partial charge on any atom is -0.454 e. The predicted octanol–water partition coefficient (Wildman–Crippen LogP) is 2.82. The van der Waals surface area contributed by atoms with Crippen molar-refractivity contribution in [3.8, 4) is 11.5 Å². The maximum Gasteiger partial charge on any atom is 0.255 e. The van der Waals surface area contributed by atoms with E-state index in [-0.39, 0.29) is 25.2 Å². The lowest BCUT2D eigenvalue weighted by Crippen LogP contribution is -2.38. The lowest BCUT2D eigenvalue weighted by molar-refractivity contribution is -0.125. The molecule has 2 aliphatic heterocycles. The van der Waals surface area contributed by atoms with Crippen LogP contribution in [0, 0.1) is 0 Å². The van der Waals surface area contributed by atoms with E-state index in [9.17, 15) is 9.59 Å². The van der Waals surface area contributed by atoms with Gasteiger partial charge < -0.3 is 19.7 Å². The second kappa shape index (κ2) is 7.51. The molecule has 1 N–H and O–H groups in total. The first-order valence-corrected chi connectivity index (χ1v) is 9.66. The maximum atomic E-state index is 13.1. The van der Waals surface area contributed by atoms with Crippen LogP contribution in [-0.4, -0.2) is 28.5 Å². The number of ether oxygens (including phenoxy) is 2. The zero-order valence-corrected chi connectivity index (χ0v) is 16.1. The number of hydrogen-bond donors (Lipinski definition) is 1. The fraction of sp³-hybridized carbons (Fsp3) is 0.174. The summed E-state index contributed by atoms with van der Waals surface area (Å²) in [5.74, 6) is 0.942. The summed E-state index contributed by atoms with van der Waals surface area (Å²) in [5.41, 5.74) is 3.03. The van der Waals surface area contributed by atoms with Gasteiger partial charge in [-0.2, -0.15) is 0 Å². The van der Waals surface area contributed by atoms with Gasteiger partial charge in [-0.3, -0.25) is 14.6 Å². The summed E-state index contributed by atoms with van der Waals surface area (Å²) in [7, 11) is 0. The summed E-state index contributed by atoms with van der Waals surface area (Å²) in [6.07, 6.45) is 3.39. The van der Waals surface area contributed by atoms with Crippen LogP contribution in [0.3, 0.4) is 0 Å². The van der Waals surface area contributed by atoms with E-state index in [4.69, 9.17) is 9.47 Å². The molecule has 2 aromatic carbocycles. The molecule has 3 heterocycles. The number of pyridine rings is 1. The zero-order chi connectivity index (χ0) is 20.5. The molecule has 0 spiro atoms. The highest BCUT2D eigenvalue weighted by atomic mass is 16.7. The number of aromatic nitrogens is 1. The number of rotatable bonds is 5. The molecule has 0 aliphatic carbocycles. The number of carbonyl (C=O) groups excluding carboxylic acids is 2. The van der Waals surface area contributed by atoms with Crippen LogP contribution in [0.25, 0.3) is 0 Å². The highest BCUT2D eigenvalue weighted by Crippen LogP contribution is 2.37. The van der Waals surface area contributed by atoms with Gasteiger partial charge in [-0.05, 0) is 41.0 Å². The lowest BCUT2D eigenvalue weighted by Gasteiger charge is -2.25. The van der Waals surface area contributed by atoms with Crippen LogP contribution in [0.5, 0.6) is 11.5 Å². The predicted molar refractivity (Wildman–Crippen MR) is 108 cm³/mol. The Bertz CT molecular complexity index is 1120. The van der Waals surface area contributed by atoms with E-state index < -0.39 is 6.04 Å². The van der Waals surface area contributed by atoms with E-state index in [1.165, 1.54) is 0 Å². The summed E-state index contributed by atoms with van der Waals surface area (Å²) in [6.45, 7) is 0.818. The fourth-order valence-corrected chi connectivity index (χ4v) is 3.84. The Kier molecular flexibility index (Phi) is 4.55. The van der Waals surface area contributed by atoms with E-state index in [1.807, 2.05) is 48.5 Å². The second-order valence-corrected chi connectivity index (χ2v) is 7.19. The van der Waals surface area contributed by atoms with Gasteiger partial charge in [0, 0.05) is 31.0 Å². The largest absolute Gasteiger partial charge is 0.454 e. The summed E-state index contributed by atoms with van der Waals surface area (Å²) >= 11 is 0. The number of fused-ring (bicyclic) bond motifs is 2. The van der Waals surface area contributed by atoms with Crippen molar-refractivity contribution in [2.24, 2.45) is 0 Å². The van der Waals surface area contributed by atoms with Crippen molar-refractivity contribution < 1.29 is 19.1 Å². The Balaban J connectivity index is 1.41. The molecular weight excluding hydrogens is 382 g/mol. The van der Waals surface area contributed by atoms with Crippen LogP contribution >= 0.6 is 0 Å². The zero-order valence-electron chi connectivity index (χ0n) is 16.1. The van der Waals surface area contributed by atoms with Crippen molar-refractivity contribution >= 4 is 11.8 Å². The molecule has 5 rings (SSSR count). The molecule has 0 saturated carbocycles. The molecule has 2 amide bonds. The average molecular weight is 401 g/mol. The summed E-state index contributed by atoms with van der Waals surface area (Å²) < 4.78 is 10.8. The summed E-state index contributed by atoms with van der Waals surface area (Å²) in [6, 6.07) is 15.8. The van der Waals surface area contributed by atoms with E-state index in [0.717, 1.165) is 11.1 Å². The SMILES string of the molecule is O=C(NCc1cccnc1)C1c2ccccc2C(=O)N1Cc1ccc2c(c1)OCO2. The number of nitrogens with zero attached hydrogens (tertiary/aromatic N) is 2. The van der Waals surface area contributed by atoms with Crippen molar-refractivity contribution in [2.75, 3.05) is 6.79 Å². The normalized spacial score (nSPS) is 16.5. The van der Waals surface area contributed by atoms with Crippen molar-refractivity contribution in [1.29, 1.82) is 0 Å². The van der Waals surface area contributed by atoms with Crippen LogP contribution in [0.1, 0.15) is 33.1 Å². The number of hydrogen-bond acceptors (Lipinski definition) is 5. The van der Waals surface area contributed by atoms with Gasteiger partial charge in [-0.1, -0.05) is 30.3 Å². The van der Waals surface area contributed by atoms with Crippen LogP contribution in [0.15, 0.2) is 67.0 Å². The van der Waals surface area contributed by atoms with Gasteiger partial charge >= 0.3 is 0 Å². The molecule has 0 fully saturated rings. The van der Waals surface area contributed by atoms with E-state index >= 15 is 0 Å². The highest BCUT2D eigenvalue weighted by molar-refractivity contribution is 6.04. The smallest absolute Gasteiger partial charge is 0.255 e. The lowest BCUT2D eigenvalue weighted by atomic mass is 10.0. The molecule has 7 heteroatoms. The first kappa shape index (κ1) is 18.2. The van der Waals surface area contributed by atoms with Crippen molar-refractivity contribution in [3.63, 3.8) is 0 Å². The Morgan fingerprint density at radius 1 is 1.07 bits per heavy atom. The third-order valence-corrected chi connectivity index (χ3v) is 5.29. The van der Waals surface area contributed by atoms with Gasteiger partial charge in [0.05, 0.1) is 0 Å². The van der Waals surface area contributed by atoms with Crippen LogP contribution in [0.2, 0.25) is 0 Å². The van der Waals surface area contributed by atoms with Gasteiger partial charge in [0.15, 0.2) is 11.5 Å². The summed E-state index contributed by atoms with van der Waals surface area (Å²) in [5, 5.41) is 2.94. The Hall–Kier alpha value is -3.87. The van der Waals surface area contributed by atoms with Crippen LogP contribution < -0.4 is 14.8 Å². The van der Waals surface area contributed by atoms with Gasteiger partial charge in [0.2, 0.25) is 12.7 Å². The number of benzene rings is 2. The standard InChI is InChI=1S/C23H19N3O4/c27-22(25-12-16-4-3-9-24-11-16)21-17-5-1-2-6-18(17)23(28)26(21)13-15-7-8-19-20(10-15)30-14-29-19/h1-11,21H,12-14H2,(H,25,27). The van der Waals surface area contributed by atoms with Gasteiger partial charge in [-0.25, -0.2) is 0 Å². The van der Waals surface area contributed by atoms with Gasteiger partial charge in [0.1, 0.15) is 6.04 Å². The first-order chi connectivity index (χ1) is 14.7. The molecule has 1 aromatic heterocycles. The van der Waals surface area contributed by atoms with Crippen molar-refractivity contribution in [3.05, 3.63) is 89.2 Å². The maximum absolute atomic E-state index is 13.1. The average Bonchev–Trinajstić information content (AvgIpc) is 3.36. The quantitative estimate of drug-likeness (QED) is 0.711. The second-order valence-electron chi connectivity index (χ2n) is 7.19. The van der Waals surface area contributed by atoms with Crippen molar-refractivity contribution in [1.82, 2.24) is 15.2 Å². The minimum atomic E-state index is -0.698.